The summed E-state index contributed by atoms with van der Waals surface area (Å²) in [5.74, 6) is -1.60. The van der Waals surface area contributed by atoms with Crippen LogP contribution in [0.5, 0.6) is 0 Å². The molecule has 106 valence electrons. The van der Waals surface area contributed by atoms with Crippen LogP contribution in [0.15, 0.2) is 18.2 Å². The summed E-state index contributed by atoms with van der Waals surface area (Å²) in [7, 11) is 0.103. The van der Waals surface area contributed by atoms with Crippen LogP contribution in [0.3, 0.4) is 0 Å². The smallest absolute Gasteiger partial charge is 0.256 e. The third-order valence-electron chi connectivity index (χ3n) is 2.67. The molecule has 0 spiro atoms. The third kappa shape index (κ3) is 7.37. The van der Waals surface area contributed by atoms with Crippen molar-refractivity contribution in [2.24, 2.45) is 0 Å². The number of rotatable bonds is 9. The predicted molar refractivity (Wildman–Crippen MR) is 68.4 cm³/mol. The molecule has 2 N–H and O–H groups in total. The zero-order valence-electron chi connectivity index (χ0n) is 10.6. The number of benzene rings is 1. The highest BCUT2D eigenvalue weighted by Crippen LogP contribution is 2.12. The molecular weight excluding hydrogens is 270 g/mol. The van der Waals surface area contributed by atoms with E-state index in [2.05, 4.69) is 4.43 Å². The first-order chi connectivity index (χ1) is 9.09. The molecule has 0 atom stereocenters. The summed E-state index contributed by atoms with van der Waals surface area (Å²) >= 11 is 0. The van der Waals surface area contributed by atoms with Gasteiger partial charge in [-0.3, -0.25) is 0 Å². The summed E-state index contributed by atoms with van der Waals surface area (Å²) in [5.41, 5.74) is 0.813. The van der Waals surface area contributed by atoms with Gasteiger partial charge in [-0.1, -0.05) is 25.3 Å². The Hall–Kier alpha value is -0.823. The zero-order valence-corrected chi connectivity index (χ0v) is 11.6. The van der Waals surface area contributed by atoms with Gasteiger partial charge >= 0.3 is 0 Å². The van der Waals surface area contributed by atoms with Crippen molar-refractivity contribution in [3.63, 3.8) is 0 Å². The van der Waals surface area contributed by atoms with Crippen molar-refractivity contribution in [1.29, 1.82) is 0 Å². The van der Waals surface area contributed by atoms with Crippen molar-refractivity contribution in [2.45, 2.75) is 44.6 Å². The maximum absolute atomic E-state index is 12.9. The van der Waals surface area contributed by atoms with E-state index in [1.165, 1.54) is 6.07 Å². The number of hydrogen-bond acceptors (Lipinski definition) is 3. The summed E-state index contributed by atoms with van der Waals surface area (Å²) in [4.78, 5) is 0. The average molecular weight is 288 g/mol. The number of aliphatic hydroxyl groups excluding tert-OH is 1. The minimum atomic E-state index is -1.67. The van der Waals surface area contributed by atoms with Gasteiger partial charge in [-0.25, -0.2) is 8.78 Å². The lowest BCUT2D eigenvalue weighted by Crippen LogP contribution is -2.12. The first-order valence-electron chi connectivity index (χ1n) is 6.28. The maximum Gasteiger partial charge on any atom is 0.256 e. The fraction of sp³-hybridized carbons (Fsp3) is 0.538. The highest BCUT2D eigenvalue weighted by Gasteiger charge is 2.02. The molecule has 0 saturated carbocycles. The standard InChI is InChI=1S/C13H18F2O3Si/c14-11-7-6-10(9-12(11)15)5-3-1-2-4-8-19-18-13(16)17/h6-7,9,13,16-17H,1-5,8H2. The molecule has 0 aliphatic heterocycles. The Balaban J connectivity index is 2.03. The Morgan fingerprint density at radius 3 is 2.47 bits per heavy atom. The predicted octanol–water partition coefficient (Wildman–Crippen LogP) is 2.39. The van der Waals surface area contributed by atoms with Gasteiger partial charge in [0.1, 0.15) is 0 Å². The molecule has 19 heavy (non-hydrogen) atoms. The van der Waals surface area contributed by atoms with E-state index >= 15 is 0 Å². The third-order valence-corrected chi connectivity index (χ3v) is 3.60. The van der Waals surface area contributed by atoms with Crippen molar-refractivity contribution in [3.05, 3.63) is 35.4 Å². The molecule has 0 aromatic heterocycles. The van der Waals surface area contributed by atoms with E-state index in [4.69, 9.17) is 10.2 Å². The number of aliphatic hydroxyl groups is 2. The zero-order chi connectivity index (χ0) is 14.1. The quantitative estimate of drug-likeness (QED) is 0.417. The summed E-state index contributed by atoms with van der Waals surface area (Å²) in [6.07, 6.45) is 4.65. The summed E-state index contributed by atoms with van der Waals surface area (Å²) in [6, 6.07) is 4.82. The van der Waals surface area contributed by atoms with E-state index in [1.54, 1.807) is 6.07 Å². The van der Waals surface area contributed by atoms with Gasteiger partial charge in [0.2, 0.25) is 9.76 Å². The van der Waals surface area contributed by atoms with Crippen LogP contribution in [-0.2, 0) is 10.8 Å². The Morgan fingerprint density at radius 1 is 1.05 bits per heavy atom. The summed E-state index contributed by atoms with van der Waals surface area (Å²) < 4.78 is 30.2. The summed E-state index contributed by atoms with van der Waals surface area (Å²) in [6.45, 7) is -1.67. The average Bonchev–Trinajstić information content (AvgIpc) is 2.36. The van der Waals surface area contributed by atoms with Gasteiger partial charge in [0.25, 0.3) is 6.48 Å². The minimum Gasteiger partial charge on any atom is -0.372 e. The van der Waals surface area contributed by atoms with Crippen molar-refractivity contribution >= 4 is 9.76 Å². The fourth-order valence-corrected chi connectivity index (χ4v) is 2.37. The number of halogens is 2. The molecule has 0 heterocycles. The normalized spacial score (nSPS) is 11.2. The van der Waals surface area contributed by atoms with Crippen LogP contribution in [0.2, 0.25) is 6.04 Å². The Kier molecular flexibility index (Phi) is 7.81. The van der Waals surface area contributed by atoms with Crippen LogP contribution in [0.4, 0.5) is 8.78 Å². The van der Waals surface area contributed by atoms with Crippen molar-refractivity contribution in [2.75, 3.05) is 0 Å². The highest BCUT2D eigenvalue weighted by molar-refractivity contribution is 6.26. The first kappa shape index (κ1) is 16.2. The lowest BCUT2D eigenvalue weighted by Gasteiger charge is -2.04. The molecule has 1 rings (SSSR count). The highest BCUT2D eigenvalue weighted by atomic mass is 28.2. The Morgan fingerprint density at radius 2 is 1.79 bits per heavy atom. The Bertz CT molecular complexity index is 375. The molecule has 1 aromatic rings. The number of aryl methyl sites for hydroxylation is 1. The largest absolute Gasteiger partial charge is 0.372 e. The molecule has 6 heteroatoms. The van der Waals surface area contributed by atoms with Gasteiger partial charge in [-0.2, -0.15) is 0 Å². The van der Waals surface area contributed by atoms with Crippen molar-refractivity contribution in [1.82, 2.24) is 0 Å². The summed E-state index contributed by atoms with van der Waals surface area (Å²) in [5, 5.41) is 16.9. The first-order valence-corrected chi connectivity index (χ1v) is 7.39. The molecule has 0 saturated heterocycles. The topological polar surface area (TPSA) is 49.7 Å². The monoisotopic (exact) mass is 288 g/mol. The van der Waals surface area contributed by atoms with Gasteiger partial charge in [-0.05, 0) is 36.6 Å². The van der Waals surface area contributed by atoms with Crippen molar-refractivity contribution in [3.8, 4) is 0 Å². The van der Waals surface area contributed by atoms with Crippen LogP contribution < -0.4 is 0 Å². The molecule has 1 aromatic carbocycles. The second-order valence-corrected chi connectivity index (χ2v) is 5.28. The second-order valence-electron chi connectivity index (χ2n) is 4.25. The lowest BCUT2D eigenvalue weighted by molar-refractivity contribution is -0.180. The van der Waals surface area contributed by atoms with Gasteiger partial charge < -0.3 is 14.6 Å². The van der Waals surface area contributed by atoms with E-state index in [0.29, 0.717) is 0 Å². The van der Waals surface area contributed by atoms with E-state index < -0.39 is 18.1 Å². The molecular formula is C13H18F2O3Si. The van der Waals surface area contributed by atoms with Crippen LogP contribution in [0.25, 0.3) is 0 Å². The van der Waals surface area contributed by atoms with Gasteiger partial charge in [-0.15, -0.1) is 0 Å². The molecule has 0 fully saturated rings. The van der Waals surface area contributed by atoms with Crippen LogP contribution in [-0.4, -0.2) is 26.5 Å². The van der Waals surface area contributed by atoms with Crippen molar-refractivity contribution < 1.29 is 23.4 Å². The SMILES string of the molecule is OC(O)O[Si]CCCCCCc1ccc(F)c(F)c1. The molecule has 0 bridgehead atoms. The van der Waals surface area contributed by atoms with E-state index in [1.807, 2.05) is 0 Å². The molecule has 2 radical (unpaired) electrons. The van der Waals surface area contributed by atoms with Gasteiger partial charge in [0.05, 0.1) is 0 Å². The van der Waals surface area contributed by atoms with E-state index in [0.717, 1.165) is 49.8 Å². The fourth-order valence-electron chi connectivity index (χ4n) is 1.71. The van der Waals surface area contributed by atoms with E-state index in [-0.39, 0.29) is 9.76 Å². The van der Waals surface area contributed by atoms with E-state index in [9.17, 15) is 8.78 Å². The molecule has 3 nitrogen and oxygen atoms in total. The maximum atomic E-state index is 12.9. The lowest BCUT2D eigenvalue weighted by atomic mass is 10.1. The molecule has 0 aliphatic rings. The molecule has 0 aliphatic carbocycles. The van der Waals surface area contributed by atoms with Gasteiger partial charge in [0.15, 0.2) is 11.6 Å². The van der Waals surface area contributed by atoms with Gasteiger partial charge in [0, 0.05) is 0 Å². The van der Waals surface area contributed by atoms with Crippen LogP contribution >= 0.6 is 0 Å². The Labute approximate surface area is 114 Å². The van der Waals surface area contributed by atoms with Crippen LogP contribution in [0.1, 0.15) is 31.2 Å². The molecule has 0 unspecified atom stereocenters. The molecule has 0 amide bonds. The number of hydrogen-bond donors (Lipinski definition) is 2. The minimum absolute atomic E-state index is 0.103. The number of unbranched alkanes of at least 4 members (excludes halogenated alkanes) is 3. The van der Waals surface area contributed by atoms with Crippen LogP contribution in [0, 0.1) is 11.6 Å². The second kappa shape index (κ2) is 9.14.